The van der Waals surface area contributed by atoms with Gasteiger partial charge in [-0.2, -0.15) is 0 Å². The largest absolute Gasteiger partial charge is 0.468 e. The molecule has 0 amide bonds. The van der Waals surface area contributed by atoms with E-state index in [-0.39, 0.29) is 17.3 Å². The van der Waals surface area contributed by atoms with Gasteiger partial charge < -0.3 is 19.7 Å². The van der Waals surface area contributed by atoms with Gasteiger partial charge in [0, 0.05) is 19.8 Å². The molecule has 0 spiro atoms. The minimum Gasteiger partial charge on any atom is -0.468 e. The van der Waals surface area contributed by atoms with E-state index in [9.17, 15) is 15.0 Å². The predicted octanol–water partition coefficient (Wildman–Crippen LogP) is 3.75. The Labute approximate surface area is 183 Å². The molecule has 1 aromatic carbocycles. The standard InChI is InChI=1S/C24H34O5S/c1-14(25)30-9-7-15-10-16-11-17(29-13-28-3)4-5-18(16)19-6-8-24(2)20(22(15)19)12-21(26)23(24)27/h4-5,11,15,19-23,26-27H,6-10,12-13H2,1-3H3. The van der Waals surface area contributed by atoms with Gasteiger partial charge in [0.1, 0.15) is 5.75 Å². The van der Waals surface area contributed by atoms with Gasteiger partial charge in [-0.25, -0.2) is 0 Å². The summed E-state index contributed by atoms with van der Waals surface area (Å²) in [6, 6.07) is 6.40. The maximum absolute atomic E-state index is 11.5. The first kappa shape index (κ1) is 22.1. The molecule has 2 fully saturated rings. The molecule has 2 N–H and O–H groups in total. The summed E-state index contributed by atoms with van der Waals surface area (Å²) < 4.78 is 10.7. The van der Waals surface area contributed by atoms with E-state index in [0.717, 1.165) is 37.2 Å². The SMILES string of the molecule is COCOc1ccc2c(c1)CC(CCSC(C)=O)C1C2CCC2(C)C(O)C(O)CC12. The highest BCUT2D eigenvalue weighted by atomic mass is 32.2. The van der Waals surface area contributed by atoms with Gasteiger partial charge in [0.25, 0.3) is 0 Å². The van der Waals surface area contributed by atoms with Crippen molar-refractivity contribution in [3.63, 3.8) is 0 Å². The van der Waals surface area contributed by atoms with Crippen LogP contribution < -0.4 is 4.74 Å². The first-order chi connectivity index (χ1) is 14.3. The zero-order valence-electron chi connectivity index (χ0n) is 18.2. The predicted molar refractivity (Wildman–Crippen MR) is 118 cm³/mol. The van der Waals surface area contributed by atoms with E-state index in [1.807, 2.05) is 6.07 Å². The summed E-state index contributed by atoms with van der Waals surface area (Å²) in [5, 5.41) is 21.4. The van der Waals surface area contributed by atoms with Crippen molar-refractivity contribution < 1.29 is 24.5 Å². The highest BCUT2D eigenvalue weighted by molar-refractivity contribution is 8.13. The number of carbonyl (C=O) groups is 1. The zero-order valence-corrected chi connectivity index (χ0v) is 19.0. The number of thioether (sulfide) groups is 1. The van der Waals surface area contributed by atoms with Crippen LogP contribution in [0.3, 0.4) is 0 Å². The van der Waals surface area contributed by atoms with Crippen molar-refractivity contribution in [3.8, 4) is 5.75 Å². The molecule has 0 heterocycles. The van der Waals surface area contributed by atoms with Crippen LogP contribution in [0.1, 0.15) is 56.6 Å². The maximum atomic E-state index is 11.5. The number of carbonyl (C=O) groups excluding carboxylic acids is 1. The fourth-order valence-corrected chi connectivity index (χ4v) is 7.32. The van der Waals surface area contributed by atoms with E-state index in [4.69, 9.17) is 9.47 Å². The van der Waals surface area contributed by atoms with Gasteiger partial charge in [-0.15, -0.1) is 0 Å². The van der Waals surface area contributed by atoms with Crippen LogP contribution >= 0.6 is 11.8 Å². The lowest BCUT2D eigenvalue weighted by Crippen LogP contribution is -2.47. The van der Waals surface area contributed by atoms with Gasteiger partial charge in [0.2, 0.25) is 0 Å². The lowest BCUT2D eigenvalue weighted by molar-refractivity contribution is -0.109. The van der Waals surface area contributed by atoms with Crippen molar-refractivity contribution in [1.29, 1.82) is 0 Å². The molecule has 0 saturated heterocycles. The molecule has 4 rings (SSSR count). The smallest absolute Gasteiger partial charge is 0.188 e. The molecule has 6 heteroatoms. The summed E-state index contributed by atoms with van der Waals surface area (Å²) in [5.41, 5.74) is 2.52. The monoisotopic (exact) mass is 434 g/mol. The molecular formula is C24H34O5S. The molecule has 2 saturated carbocycles. The van der Waals surface area contributed by atoms with Gasteiger partial charge in [-0.1, -0.05) is 24.8 Å². The highest BCUT2D eigenvalue weighted by Gasteiger charge is 2.59. The summed E-state index contributed by atoms with van der Waals surface area (Å²) in [6.07, 6.45) is 3.32. The minimum atomic E-state index is -0.637. The Hall–Kier alpha value is -1.08. The summed E-state index contributed by atoms with van der Waals surface area (Å²) in [7, 11) is 1.62. The van der Waals surface area contributed by atoms with Crippen LogP contribution in [0.2, 0.25) is 0 Å². The van der Waals surface area contributed by atoms with Crippen LogP contribution in [0.5, 0.6) is 5.75 Å². The molecule has 30 heavy (non-hydrogen) atoms. The second-order valence-electron chi connectivity index (χ2n) is 9.59. The molecule has 166 valence electrons. The molecule has 0 aromatic heterocycles. The molecule has 3 aliphatic rings. The maximum Gasteiger partial charge on any atom is 0.188 e. The average molecular weight is 435 g/mol. The van der Waals surface area contributed by atoms with E-state index < -0.39 is 12.2 Å². The average Bonchev–Trinajstić information content (AvgIpc) is 2.95. The van der Waals surface area contributed by atoms with Crippen LogP contribution in [0, 0.1) is 23.2 Å². The number of aliphatic hydroxyl groups is 2. The minimum absolute atomic E-state index is 0.165. The van der Waals surface area contributed by atoms with E-state index in [1.165, 1.54) is 22.9 Å². The molecule has 0 aliphatic heterocycles. The van der Waals surface area contributed by atoms with E-state index in [0.29, 0.717) is 30.1 Å². The fraction of sp³-hybridized carbons (Fsp3) is 0.708. The lowest BCUT2D eigenvalue weighted by atomic mass is 9.52. The summed E-state index contributed by atoms with van der Waals surface area (Å²) in [5.74, 6) is 3.28. The van der Waals surface area contributed by atoms with E-state index in [1.54, 1.807) is 14.0 Å². The van der Waals surface area contributed by atoms with Gasteiger partial charge in [-0.3, -0.25) is 4.79 Å². The van der Waals surface area contributed by atoms with Crippen molar-refractivity contribution in [3.05, 3.63) is 29.3 Å². The summed E-state index contributed by atoms with van der Waals surface area (Å²) in [6.45, 7) is 4.04. The van der Waals surface area contributed by atoms with Crippen LogP contribution in [-0.2, 0) is 16.0 Å². The Morgan fingerprint density at radius 3 is 2.87 bits per heavy atom. The van der Waals surface area contributed by atoms with Crippen molar-refractivity contribution in [2.45, 2.75) is 64.1 Å². The number of hydrogen-bond donors (Lipinski definition) is 2. The third-order valence-electron chi connectivity index (χ3n) is 7.98. The molecule has 7 atom stereocenters. The number of benzene rings is 1. The van der Waals surface area contributed by atoms with E-state index >= 15 is 0 Å². The van der Waals surface area contributed by atoms with Crippen molar-refractivity contribution in [2.24, 2.45) is 23.2 Å². The van der Waals surface area contributed by atoms with Crippen molar-refractivity contribution >= 4 is 16.9 Å². The second kappa shape index (κ2) is 8.81. The van der Waals surface area contributed by atoms with Crippen LogP contribution in [0.4, 0.5) is 0 Å². The van der Waals surface area contributed by atoms with Crippen molar-refractivity contribution in [1.82, 2.24) is 0 Å². The van der Waals surface area contributed by atoms with Gasteiger partial charge >= 0.3 is 0 Å². The molecular weight excluding hydrogens is 400 g/mol. The number of aliphatic hydroxyl groups excluding tert-OH is 2. The third kappa shape index (κ3) is 3.92. The highest BCUT2D eigenvalue weighted by Crippen LogP contribution is 2.62. The first-order valence-corrected chi connectivity index (χ1v) is 12.1. The summed E-state index contributed by atoms with van der Waals surface area (Å²) >= 11 is 1.41. The Morgan fingerprint density at radius 2 is 2.13 bits per heavy atom. The second-order valence-corrected chi connectivity index (χ2v) is 10.9. The summed E-state index contributed by atoms with van der Waals surface area (Å²) in [4.78, 5) is 11.5. The fourth-order valence-electron chi connectivity index (χ4n) is 6.61. The number of methoxy groups -OCH3 is 1. The van der Waals surface area contributed by atoms with Crippen LogP contribution in [0.25, 0.3) is 0 Å². The molecule has 1 aromatic rings. The molecule has 0 radical (unpaired) electrons. The van der Waals surface area contributed by atoms with Gasteiger partial charge in [0.15, 0.2) is 11.9 Å². The molecule has 5 nitrogen and oxygen atoms in total. The Morgan fingerprint density at radius 1 is 1.33 bits per heavy atom. The van der Waals surface area contributed by atoms with Crippen LogP contribution in [-0.4, -0.2) is 47.2 Å². The number of fused-ring (bicyclic) bond motifs is 5. The van der Waals surface area contributed by atoms with E-state index in [2.05, 4.69) is 19.1 Å². The normalized spacial score (nSPS) is 37.2. The van der Waals surface area contributed by atoms with Gasteiger partial charge in [0.05, 0.1) is 12.2 Å². The van der Waals surface area contributed by atoms with Crippen LogP contribution in [0.15, 0.2) is 18.2 Å². The first-order valence-electron chi connectivity index (χ1n) is 11.1. The zero-order chi connectivity index (χ0) is 21.5. The number of rotatable bonds is 6. The van der Waals surface area contributed by atoms with Gasteiger partial charge in [-0.05, 0) is 84.5 Å². The Bertz CT molecular complexity index is 783. The molecule has 0 bridgehead atoms. The lowest BCUT2D eigenvalue weighted by Gasteiger charge is -2.53. The number of hydrogen-bond acceptors (Lipinski definition) is 6. The topological polar surface area (TPSA) is 76.0 Å². The Kier molecular flexibility index (Phi) is 6.50. The number of ether oxygens (including phenoxy) is 2. The molecule has 7 unspecified atom stereocenters. The Balaban J connectivity index is 1.65. The quantitative estimate of drug-likeness (QED) is 0.664. The van der Waals surface area contributed by atoms with Crippen molar-refractivity contribution in [2.75, 3.05) is 19.7 Å². The third-order valence-corrected chi connectivity index (χ3v) is 8.83. The molecule has 3 aliphatic carbocycles.